The molecule has 3 N–H and O–H groups in total. The average Bonchev–Trinajstić information content (AvgIpc) is 2.46. The second-order valence-electron chi connectivity index (χ2n) is 5.17. The van der Waals surface area contributed by atoms with Crippen LogP contribution in [0.4, 0.5) is 5.82 Å². The summed E-state index contributed by atoms with van der Waals surface area (Å²) in [7, 11) is 0. The largest absolute Gasteiger partial charge is 0.389 e. The van der Waals surface area contributed by atoms with Crippen molar-refractivity contribution < 1.29 is 0 Å². The van der Waals surface area contributed by atoms with E-state index in [1.54, 1.807) is 6.20 Å². The second kappa shape index (κ2) is 10.6. The highest BCUT2D eigenvalue weighted by Gasteiger charge is 2.04. The molecule has 1 rings (SSSR count). The smallest absolute Gasteiger partial charge is 0.136 e. The first-order valence-electron chi connectivity index (χ1n) is 7.74. The van der Waals surface area contributed by atoms with Crippen molar-refractivity contribution in [3.63, 3.8) is 0 Å². The van der Waals surface area contributed by atoms with Gasteiger partial charge in [-0.05, 0) is 18.6 Å². The zero-order valence-corrected chi connectivity index (χ0v) is 13.3. The third-order valence-corrected chi connectivity index (χ3v) is 3.62. The first-order valence-corrected chi connectivity index (χ1v) is 8.15. The van der Waals surface area contributed by atoms with Crippen LogP contribution >= 0.6 is 12.2 Å². The van der Waals surface area contributed by atoms with Crippen LogP contribution in [0.2, 0.25) is 0 Å². The number of unbranched alkanes of at least 4 members (excludes halogenated alkanes) is 7. The van der Waals surface area contributed by atoms with E-state index in [-0.39, 0.29) is 0 Å². The lowest BCUT2D eigenvalue weighted by Crippen LogP contribution is -2.14. The summed E-state index contributed by atoms with van der Waals surface area (Å²) in [4.78, 5) is 4.69. The zero-order valence-electron chi connectivity index (χ0n) is 12.5. The monoisotopic (exact) mass is 293 g/mol. The summed E-state index contributed by atoms with van der Waals surface area (Å²) in [5, 5.41) is 3.33. The molecule has 0 atom stereocenters. The molecule has 0 aliphatic heterocycles. The fourth-order valence-electron chi connectivity index (χ4n) is 2.21. The van der Waals surface area contributed by atoms with E-state index in [4.69, 9.17) is 18.0 Å². The molecule has 0 aromatic carbocycles. The Morgan fingerprint density at radius 1 is 1.15 bits per heavy atom. The molecule has 0 amide bonds. The third kappa shape index (κ3) is 6.85. The van der Waals surface area contributed by atoms with Crippen LogP contribution in [0.25, 0.3) is 0 Å². The molecule has 0 saturated heterocycles. The highest BCUT2D eigenvalue weighted by molar-refractivity contribution is 7.80. The maximum absolute atomic E-state index is 5.68. The summed E-state index contributed by atoms with van der Waals surface area (Å²) in [5.74, 6) is 0.808. The summed E-state index contributed by atoms with van der Waals surface area (Å²) < 4.78 is 0. The summed E-state index contributed by atoms with van der Waals surface area (Å²) in [6, 6.07) is 3.77. The van der Waals surface area contributed by atoms with Gasteiger partial charge in [-0.2, -0.15) is 0 Å². The van der Waals surface area contributed by atoms with Crippen LogP contribution in [-0.2, 0) is 0 Å². The van der Waals surface area contributed by atoms with Gasteiger partial charge >= 0.3 is 0 Å². The van der Waals surface area contributed by atoms with E-state index >= 15 is 0 Å². The summed E-state index contributed by atoms with van der Waals surface area (Å²) >= 11 is 5.02. The zero-order chi connectivity index (χ0) is 14.6. The van der Waals surface area contributed by atoms with Gasteiger partial charge in [0.1, 0.15) is 10.8 Å². The number of rotatable bonds is 11. The maximum Gasteiger partial charge on any atom is 0.136 e. The molecule has 1 aromatic rings. The van der Waals surface area contributed by atoms with Gasteiger partial charge in [0.15, 0.2) is 0 Å². The Kier molecular flexibility index (Phi) is 8.96. The van der Waals surface area contributed by atoms with Gasteiger partial charge in [0.2, 0.25) is 0 Å². The Hall–Kier alpha value is -1.16. The van der Waals surface area contributed by atoms with Gasteiger partial charge in [-0.15, -0.1) is 0 Å². The van der Waals surface area contributed by atoms with Crippen molar-refractivity contribution in [1.82, 2.24) is 4.98 Å². The Morgan fingerprint density at radius 2 is 1.80 bits per heavy atom. The summed E-state index contributed by atoms with van der Waals surface area (Å²) in [6.07, 6.45) is 12.4. The molecule has 4 heteroatoms. The number of anilines is 1. The predicted octanol–water partition coefficient (Wildman–Crippen LogP) is 4.27. The Bertz CT molecular complexity index is 393. The molecular weight excluding hydrogens is 266 g/mol. The number of pyridine rings is 1. The fourth-order valence-corrected chi connectivity index (χ4v) is 2.38. The quantitative estimate of drug-likeness (QED) is 0.472. The predicted molar refractivity (Wildman–Crippen MR) is 91.2 cm³/mol. The number of hydrogen-bond donors (Lipinski definition) is 2. The van der Waals surface area contributed by atoms with Crippen LogP contribution in [0.5, 0.6) is 0 Å². The van der Waals surface area contributed by atoms with Crippen molar-refractivity contribution in [2.24, 2.45) is 5.73 Å². The van der Waals surface area contributed by atoms with Gasteiger partial charge in [-0.3, -0.25) is 0 Å². The van der Waals surface area contributed by atoms with E-state index in [0.717, 1.165) is 17.9 Å². The molecule has 0 spiro atoms. The summed E-state index contributed by atoms with van der Waals surface area (Å²) in [6.45, 7) is 3.19. The third-order valence-electron chi connectivity index (χ3n) is 3.40. The molecule has 112 valence electrons. The molecule has 0 fully saturated rings. The molecule has 3 nitrogen and oxygen atoms in total. The first kappa shape index (κ1) is 16.9. The molecule has 1 heterocycles. The molecule has 0 unspecified atom stereocenters. The molecule has 0 bridgehead atoms. The van der Waals surface area contributed by atoms with Gasteiger partial charge in [-0.1, -0.05) is 64.1 Å². The van der Waals surface area contributed by atoms with Crippen LogP contribution in [-0.4, -0.2) is 16.5 Å². The van der Waals surface area contributed by atoms with Crippen LogP contribution in [0, 0.1) is 0 Å². The standard InChI is InChI=1S/C16H27N3S/c1-2-3-4-5-6-7-8-9-12-18-16-14(15(17)20)11-10-13-19-16/h10-11,13H,2-9,12H2,1H3,(H2,17,20)(H,18,19). The lowest BCUT2D eigenvalue weighted by Gasteiger charge is -2.09. The SMILES string of the molecule is CCCCCCCCCCNc1ncccc1C(N)=S. The van der Waals surface area contributed by atoms with Gasteiger partial charge in [0.25, 0.3) is 0 Å². The van der Waals surface area contributed by atoms with E-state index in [2.05, 4.69) is 17.2 Å². The highest BCUT2D eigenvalue weighted by Crippen LogP contribution is 2.12. The van der Waals surface area contributed by atoms with Crippen molar-refractivity contribution in [3.05, 3.63) is 23.9 Å². The highest BCUT2D eigenvalue weighted by atomic mass is 32.1. The van der Waals surface area contributed by atoms with Crippen LogP contribution in [0.15, 0.2) is 18.3 Å². The Morgan fingerprint density at radius 3 is 2.45 bits per heavy atom. The minimum atomic E-state index is 0.400. The van der Waals surface area contributed by atoms with E-state index in [0.29, 0.717) is 4.99 Å². The topological polar surface area (TPSA) is 50.9 Å². The van der Waals surface area contributed by atoms with Crippen molar-refractivity contribution in [1.29, 1.82) is 0 Å². The Labute approximate surface area is 128 Å². The second-order valence-corrected chi connectivity index (χ2v) is 5.61. The molecule has 0 aliphatic carbocycles. The molecule has 0 saturated carbocycles. The van der Waals surface area contributed by atoms with Gasteiger partial charge < -0.3 is 11.1 Å². The minimum Gasteiger partial charge on any atom is -0.389 e. The van der Waals surface area contributed by atoms with Gasteiger partial charge in [0.05, 0.1) is 5.56 Å². The fraction of sp³-hybridized carbons (Fsp3) is 0.625. The van der Waals surface area contributed by atoms with Crippen molar-refractivity contribution >= 4 is 23.0 Å². The lowest BCUT2D eigenvalue weighted by atomic mass is 10.1. The number of aromatic nitrogens is 1. The lowest BCUT2D eigenvalue weighted by molar-refractivity contribution is 0.581. The van der Waals surface area contributed by atoms with E-state index in [1.165, 1.54) is 51.4 Å². The van der Waals surface area contributed by atoms with E-state index in [9.17, 15) is 0 Å². The molecule has 0 aliphatic rings. The maximum atomic E-state index is 5.68. The number of nitrogens with two attached hydrogens (primary N) is 1. The van der Waals surface area contributed by atoms with Crippen molar-refractivity contribution in [3.8, 4) is 0 Å². The molecule has 1 aromatic heterocycles. The van der Waals surface area contributed by atoms with Gasteiger partial charge in [0, 0.05) is 12.7 Å². The average molecular weight is 293 g/mol. The number of thiocarbonyl (C=S) groups is 1. The summed E-state index contributed by atoms with van der Waals surface area (Å²) in [5.41, 5.74) is 6.51. The first-order chi connectivity index (χ1) is 9.75. The number of nitrogens with zero attached hydrogens (tertiary/aromatic N) is 1. The van der Waals surface area contributed by atoms with E-state index < -0.39 is 0 Å². The normalized spacial score (nSPS) is 10.4. The van der Waals surface area contributed by atoms with Crippen molar-refractivity contribution in [2.75, 3.05) is 11.9 Å². The number of hydrogen-bond acceptors (Lipinski definition) is 3. The molecule has 0 radical (unpaired) electrons. The minimum absolute atomic E-state index is 0.400. The van der Waals surface area contributed by atoms with E-state index in [1.807, 2.05) is 12.1 Å². The van der Waals surface area contributed by atoms with Crippen LogP contribution < -0.4 is 11.1 Å². The number of nitrogens with one attached hydrogen (secondary N) is 1. The van der Waals surface area contributed by atoms with Crippen LogP contribution in [0.1, 0.15) is 63.9 Å². The Balaban J connectivity index is 2.11. The van der Waals surface area contributed by atoms with Crippen LogP contribution in [0.3, 0.4) is 0 Å². The molecular formula is C16H27N3S. The van der Waals surface area contributed by atoms with Crippen molar-refractivity contribution in [2.45, 2.75) is 58.3 Å². The van der Waals surface area contributed by atoms with Gasteiger partial charge in [-0.25, -0.2) is 4.98 Å². The molecule has 20 heavy (non-hydrogen) atoms.